The smallest absolute Gasteiger partial charge is 0.330 e. The van der Waals surface area contributed by atoms with Crippen LogP contribution in [0.4, 0.5) is 17.6 Å². The average Bonchev–Trinajstić information content (AvgIpc) is 2.29. The summed E-state index contributed by atoms with van der Waals surface area (Å²) in [7, 11) is 0. The number of nitrogens with two attached hydrogens (primary N) is 1. The molecule has 0 radical (unpaired) electrons. The van der Waals surface area contributed by atoms with Gasteiger partial charge in [-0.1, -0.05) is 6.07 Å². The molecule has 1 heterocycles. The Labute approximate surface area is 95.6 Å². The zero-order valence-corrected chi connectivity index (χ0v) is 8.88. The van der Waals surface area contributed by atoms with Crippen molar-refractivity contribution in [2.24, 2.45) is 5.73 Å². The molecule has 0 aliphatic carbocycles. The van der Waals surface area contributed by atoms with E-state index in [0.717, 1.165) is 0 Å². The second kappa shape index (κ2) is 5.92. The lowest BCUT2D eigenvalue weighted by atomic mass is 10.3. The van der Waals surface area contributed by atoms with Crippen LogP contribution in [0.25, 0.3) is 0 Å². The second-order valence-corrected chi connectivity index (χ2v) is 3.38. The number of nitrogens with zero attached hydrogens (tertiary/aromatic N) is 1. The van der Waals surface area contributed by atoms with E-state index in [1.165, 1.54) is 0 Å². The quantitative estimate of drug-likeness (QED) is 0.787. The number of hydrogen-bond acceptors (Lipinski definition) is 3. The molecule has 0 unspecified atom stereocenters. The first kappa shape index (κ1) is 13.9. The molecule has 1 aromatic heterocycles. The van der Waals surface area contributed by atoms with Crippen molar-refractivity contribution < 1.29 is 22.3 Å². The fourth-order valence-corrected chi connectivity index (χ4v) is 1.08. The van der Waals surface area contributed by atoms with E-state index in [2.05, 4.69) is 9.72 Å². The van der Waals surface area contributed by atoms with Gasteiger partial charge in [-0.05, 0) is 12.1 Å². The molecule has 3 nitrogen and oxygen atoms in total. The summed E-state index contributed by atoms with van der Waals surface area (Å²) in [4.78, 5) is 3.97. The topological polar surface area (TPSA) is 48.1 Å². The third-order valence-corrected chi connectivity index (χ3v) is 1.94. The van der Waals surface area contributed by atoms with Gasteiger partial charge in [-0.2, -0.15) is 8.78 Å². The molecule has 0 saturated heterocycles. The summed E-state index contributed by atoms with van der Waals surface area (Å²) in [5, 5.41) is 0. The molecular weight excluding hydrogens is 240 g/mol. The van der Waals surface area contributed by atoms with Gasteiger partial charge in [0.05, 0.1) is 18.0 Å². The molecule has 0 saturated carbocycles. The fourth-order valence-electron chi connectivity index (χ4n) is 1.08. The van der Waals surface area contributed by atoms with E-state index in [9.17, 15) is 17.6 Å². The van der Waals surface area contributed by atoms with E-state index in [4.69, 9.17) is 5.73 Å². The highest BCUT2D eigenvalue weighted by Gasteiger charge is 2.40. The molecule has 2 N–H and O–H groups in total. The van der Waals surface area contributed by atoms with Crippen LogP contribution in [0.1, 0.15) is 11.4 Å². The first-order valence-electron chi connectivity index (χ1n) is 4.84. The van der Waals surface area contributed by atoms with Gasteiger partial charge in [-0.15, -0.1) is 0 Å². The number of aromatic nitrogens is 1. The summed E-state index contributed by atoms with van der Waals surface area (Å²) >= 11 is 0. The van der Waals surface area contributed by atoms with Crippen molar-refractivity contribution in [2.75, 3.05) is 6.61 Å². The van der Waals surface area contributed by atoms with Crippen molar-refractivity contribution in [3.63, 3.8) is 0 Å². The third kappa shape index (κ3) is 4.27. The normalized spacial score (nSPS) is 12.1. The van der Waals surface area contributed by atoms with Crippen molar-refractivity contribution in [2.45, 2.75) is 25.5 Å². The largest absolute Gasteiger partial charge is 0.369 e. The molecule has 0 aliphatic rings. The summed E-state index contributed by atoms with van der Waals surface area (Å²) in [6.45, 7) is -1.38. The number of pyridine rings is 1. The summed E-state index contributed by atoms with van der Waals surface area (Å²) in [5.74, 6) is -4.13. The lowest BCUT2D eigenvalue weighted by Gasteiger charge is -2.14. The zero-order chi connectivity index (χ0) is 12.9. The SMILES string of the molecule is NCc1cccc(COCC(F)(F)C(F)F)n1. The lowest BCUT2D eigenvalue weighted by molar-refractivity contribution is -0.168. The van der Waals surface area contributed by atoms with E-state index in [1.54, 1.807) is 18.2 Å². The standard InChI is InChI=1S/C10H12F4N2O/c11-9(12)10(13,14)6-17-5-8-3-1-2-7(4-15)16-8/h1-3,9H,4-6,15H2. The van der Waals surface area contributed by atoms with E-state index in [1.807, 2.05) is 0 Å². The number of halogens is 4. The molecule has 0 amide bonds. The molecule has 1 aromatic rings. The van der Waals surface area contributed by atoms with Crippen LogP contribution in [0, 0.1) is 0 Å². The Kier molecular flexibility index (Phi) is 4.83. The second-order valence-electron chi connectivity index (χ2n) is 3.38. The van der Waals surface area contributed by atoms with Crippen molar-refractivity contribution in [3.05, 3.63) is 29.6 Å². The van der Waals surface area contributed by atoms with E-state index in [0.29, 0.717) is 11.4 Å². The van der Waals surface area contributed by atoms with E-state index >= 15 is 0 Å². The van der Waals surface area contributed by atoms with Gasteiger partial charge in [0.1, 0.15) is 6.61 Å². The highest BCUT2D eigenvalue weighted by Crippen LogP contribution is 2.23. The molecular formula is C10H12F4N2O. The Hall–Kier alpha value is -1.21. The zero-order valence-electron chi connectivity index (χ0n) is 8.88. The van der Waals surface area contributed by atoms with Crippen LogP contribution < -0.4 is 5.73 Å². The van der Waals surface area contributed by atoms with Crippen LogP contribution in [0.15, 0.2) is 18.2 Å². The highest BCUT2D eigenvalue weighted by atomic mass is 19.3. The van der Waals surface area contributed by atoms with Crippen LogP contribution in [0.5, 0.6) is 0 Å². The predicted octanol–water partition coefficient (Wildman–Crippen LogP) is 1.96. The van der Waals surface area contributed by atoms with Crippen LogP contribution in [-0.4, -0.2) is 23.9 Å². The first-order valence-corrected chi connectivity index (χ1v) is 4.84. The summed E-state index contributed by atoms with van der Waals surface area (Å²) in [5.41, 5.74) is 6.28. The van der Waals surface area contributed by atoms with Gasteiger partial charge < -0.3 is 10.5 Å². The Morgan fingerprint density at radius 2 is 1.94 bits per heavy atom. The van der Waals surface area contributed by atoms with Gasteiger partial charge in [-0.3, -0.25) is 4.98 Å². The average molecular weight is 252 g/mol. The summed E-state index contributed by atoms with van der Waals surface area (Å²) in [6.07, 6.45) is -3.73. The van der Waals surface area contributed by atoms with Gasteiger partial charge in [0.2, 0.25) is 0 Å². The van der Waals surface area contributed by atoms with E-state index < -0.39 is 19.0 Å². The maximum atomic E-state index is 12.5. The number of alkyl halides is 4. The molecule has 0 fully saturated rings. The predicted molar refractivity (Wildman–Crippen MR) is 52.7 cm³/mol. The summed E-state index contributed by atoms with van der Waals surface area (Å²) < 4.78 is 53.1. The Balaban J connectivity index is 2.45. The van der Waals surface area contributed by atoms with Crippen LogP contribution in [-0.2, 0) is 17.9 Å². The number of rotatable bonds is 6. The monoisotopic (exact) mass is 252 g/mol. The van der Waals surface area contributed by atoms with E-state index in [-0.39, 0.29) is 13.2 Å². The summed E-state index contributed by atoms with van der Waals surface area (Å²) in [6, 6.07) is 4.84. The van der Waals surface area contributed by atoms with Crippen LogP contribution in [0.2, 0.25) is 0 Å². The maximum Gasteiger partial charge on any atom is 0.330 e. The van der Waals surface area contributed by atoms with Gasteiger partial charge in [-0.25, -0.2) is 8.78 Å². The van der Waals surface area contributed by atoms with Crippen molar-refractivity contribution in [1.82, 2.24) is 4.98 Å². The molecule has 0 aromatic carbocycles. The molecule has 17 heavy (non-hydrogen) atoms. The van der Waals surface area contributed by atoms with Gasteiger partial charge in [0.15, 0.2) is 0 Å². The first-order chi connectivity index (χ1) is 7.95. The Morgan fingerprint density at radius 3 is 2.53 bits per heavy atom. The highest BCUT2D eigenvalue weighted by molar-refractivity contribution is 5.10. The molecule has 0 bridgehead atoms. The molecule has 0 aliphatic heterocycles. The van der Waals surface area contributed by atoms with Crippen LogP contribution in [0.3, 0.4) is 0 Å². The Morgan fingerprint density at radius 1 is 1.29 bits per heavy atom. The molecule has 1 rings (SSSR count). The van der Waals surface area contributed by atoms with Gasteiger partial charge in [0, 0.05) is 6.54 Å². The van der Waals surface area contributed by atoms with Crippen LogP contribution >= 0.6 is 0 Å². The van der Waals surface area contributed by atoms with Crippen molar-refractivity contribution in [3.8, 4) is 0 Å². The third-order valence-electron chi connectivity index (χ3n) is 1.94. The molecule has 0 atom stereocenters. The fraction of sp³-hybridized carbons (Fsp3) is 0.500. The lowest BCUT2D eigenvalue weighted by Crippen LogP contribution is -2.32. The molecule has 7 heteroatoms. The maximum absolute atomic E-state index is 12.5. The van der Waals surface area contributed by atoms with Gasteiger partial charge >= 0.3 is 12.3 Å². The Bertz CT molecular complexity index is 360. The molecule has 0 spiro atoms. The van der Waals surface area contributed by atoms with Crippen molar-refractivity contribution in [1.29, 1.82) is 0 Å². The minimum absolute atomic E-state index is 0.209. The minimum atomic E-state index is -4.13. The molecule has 96 valence electrons. The number of hydrogen-bond donors (Lipinski definition) is 1. The number of ether oxygens (including phenoxy) is 1. The van der Waals surface area contributed by atoms with Crippen molar-refractivity contribution >= 4 is 0 Å². The van der Waals surface area contributed by atoms with Gasteiger partial charge in [0.25, 0.3) is 0 Å². The minimum Gasteiger partial charge on any atom is -0.369 e.